The van der Waals surface area contributed by atoms with E-state index in [-0.39, 0.29) is 17.8 Å². The Hall–Kier alpha value is -1.42. The Morgan fingerprint density at radius 2 is 1.92 bits per heavy atom. The fourth-order valence-corrected chi connectivity index (χ4v) is 4.18. The first kappa shape index (κ1) is 17.4. The first-order valence-corrected chi connectivity index (χ1v) is 9.37. The average molecular weight is 332 g/mol. The molecule has 4 heteroatoms. The van der Waals surface area contributed by atoms with Crippen molar-refractivity contribution in [1.82, 2.24) is 9.80 Å². The van der Waals surface area contributed by atoms with Crippen molar-refractivity contribution < 1.29 is 9.18 Å². The summed E-state index contributed by atoms with van der Waals surface area (Å²) in [6, 6.07) is 7.26. The van der Waals surface area contributed by atoms with E-state index in [2.05, 4.69) is 4.90 Å². The predicted molar refractivity (Wildman–Crippen MR) is 94.0 cm³/mol. The number of piperidine rings is 1. The third-order valence-electron chi connectivity index (χ3n) is 5.68. The van der Waals surface area contributed by atoms with Crippen molar-refractivity contribution in [2.75, 3.05) is 20.1 Å². The summed E-state index contributed by atoms with van der Waals surface area (Å²) in [5, 5.41) is 0. The third-order valence-corrected chi connectivity index (χ3v) is 5.68. The van der Waals surface area contributed by atoms with Gasteiger partial charge in [-0.3, -0.25) is 9.69 Å². The average Bonchev–Trinajstić information content (AvgIpc) is 2.63. The summed E-state index contributed by atoms with van der Waals surface area (Å²) in [4.78, 5) is 17.0. The monoisotopic (exact) mass is 332 g/mol. The van der Waals surface area contributed by atoms with E-state index in [4.69, 9.17) is 0 Å². The van der Waals surface area contributed by atoms with E-state index in [9.17, 15) is 9.18 Å². The minimum atomic E-state index is -0.133. The summed E-state index contributed by atoms with van der Waals surface area (Å²) in [5.41, 5.74) is 0.749. The third kappa shape index (κ3) is 4.15. The number of likely N-dealkylation sites (tertiary alicyclic amines) is 1. The number of carbonyl (C=O) groups is 1. The predicted octanol–water partition coefficient (Wildman–Crippen LogP) is 3.83. The van der Waals surface area contributed by atoms with Crippen molar-refractivity contribution >= 4 is 5.91 Å². The number of hydrogen-bond donors (Lipinski definition) is 0. The van der Waals surface area contributed by atoms with Gasteiger partial charge in [-0.25, -0.2) is 4.39 Å². The Bertz CT molecular complexity index is 556. The molecule has 3 rings (SSSR count). The summed E-state index contributed by atoms with van der Waals surface area (Å²) in [5.74, 6) is 0.421. The van der Waals surface area contributed by atoms with Crippen molar-refractivity contribution in [2.45, 2.75) is 57.5 Å². The molecule has 1 saturated heterocycles. The van der Waals surface area contributed by atoms with Crippen LogP contribution in [0.1, 0.15) is 50.5 Å². The number of benzene rings is 1. The van der Waals surface area contributed by atoms with Crippen molar-refractivity contribution in [3.05, 3.63) is 35.6 Å². The molecular weight excluding hydrogens is 303 g/mol. The van der Waals surface area contributed by atoms with Gasteiger partial charge in [0.05, 0.1) is 0 Å². The first-order chi connectivity index (χ1) is 11.6. The molecule has 0 unspecified atom stereocenters. The van der Waals surface area contributed by atoms with Crippen LogP contribution in [-0.4, -0.2) is 41.9 Å². The van der Waals surface area contributed by atoms with Crippen LogP contribution in [0, 0.1) is 11.7 Å². The van der Waals surface area contributed by atoms with Gasteiger partial charge in [0.2, 0.25) is 5.91 Å². The van der Waals surface area contributed by atoms with Gasteiger partial charge in [0.15, 0.2) is 0 Å². The van der Waals surface area contributed by atoms with E-state index >= 15 is 0 Å². The largest absolute Gasteiger partial charge is 0.341 e. The van der Waals surface area contributed by atoms with Gasteiger partial charge in [-0.05, 0) is 38.3 Å². The van der Waals surface area contributed by atoms with Crippen LogP contribution in [0.2, 0.25) is 0 Å². The first-order valence-electron chi connectivity index (χ1n) is 9.37. The highest BCUT2D eigenvalue weighted by atomic mass is 19.1. The highest BCUT2D eigenvalue weighted by Crippen LogP contribution is 2.27. The van der Waals surface area contributed by atoms with Crippen LogP contribution in [0.5, 0.6) is 0 Å². The Balaban J connectivity index is 1.58. The topological polar surface area (TPSA) is 23.6 Å². The molecule has 0 N–H and O–H groups in total. The van der Waals surface area contributed by atoms with Gasteiger partial charge in [-0.1, -0.05) is 37.5 Å². The molecule has 3 nitrogen and oxygen atoms in total. The second-order valence-corrected chi connectivity index (χ2v) is 7.41. The Morgan fingerprint density at radius 3 is 2.67 bits per heavy atom. The lowest BCUT2D eigenvalue weighted by molar-refractivity contribution is -0.138. The standard InChI is InChI=1S/C20H29FN2O/c1-22(20(24)16-8-3-2-4-9-16)18-11-7-13-23(15-18)14-17-10-5-6-12-19(17)21/h5-6,10,12,16,18H,2-4,7-9,11,13-15H2,1H3/t18-/m1/s1. The van der Waals surface area contributed by atoms with Gasteiger partial charge < -0.3 is 4.90 Å². The number of hydrogen-bond acceptors (Lipinski definition) is 2. The molecule has 1 heterocycles. The molecule has 1 saturated carbocycles. The lowest BCUT2D eigenvalue weighted by Crippen LogP contribution is -2.50. The number of amides is 1. The summed E-state index contributed by atoms with van der Waals surface area (Å²) in [6.07, 6.45) is 7.88. The smallest absolute Gasteiger partial charge is 0.225 e. The van der Waals surface area contributed by atoms with E-state index in [1.807, 2.05) is 24.1 Å². The summed E-state index contributed by atoms with van der Waals surface area (Å²) in [6.45, 7) is 2.47. The molecular formula is C20H29FN2O. The van der Waals surface area contributed by atoms with Gasteiger partial charge in [0, 0.05) is 37.7 Å². The molecule has 1 aliphatic heterocycles. The summed E-state index contributed by atoms with van der Waals surface area (Å²) >= 11 is 0. The number of likely N-dealkylation sites (N-methyl/N-ethyl adjacent to an activating group) is 1. The fraction of sp³-hybridized carbons (Fsp3) is 0.650. The maximum absolute atomic E-state index is 13.9. The lowest BCUT2D eigenvalue weighted by atomic mass is 9.87. The molecule has 0 spiro atoms. The molecule has 0 bridgehead atoms. The Kier molecular flexibility index (Phi) is 5.88. The van der Waals surface area contributed by atoms with Crippen molar-refractivity contribution in [2.24, 2.45) is 5.92 Å². The van der Waals surface area contributed by atoms with Gasteiger partial charge in [-0.15, -0.1) is 0 Å². The van der Waals surface area contributed by atoms with Crippen LogP contribution < -0.4 is 0 Å². The highest BCUT2D eigenvalue weighted by Gasteiger charge is 2.30. The molecule has 0 aromatic heterocycles. The van der Waals surface area contributed by atoms with Crippen molar-refractivity contribution in [3.63, 3.8) is 0 Å². The molecule has 132 valence electrons. The summed E-state index contributed by atoms with van der Waals surface area (Å²) in [7, 11) is 1.97. The van der Waals surface area contributed by atoms with E-state index in [0.717, 1.165) is 44.3 Å². The van der Waals surface area contributed by atoms with Crippen LogP contribution in [0.25, 0.3) is 0 Å². The molecule has 2 aliphatic rings. The van der Waals surface area contributed by atoms with E-state index in [1.54, 1.807) is 6.07 Å². The number of nitrogens with zero attached hydrogens (tertiary/aromatic N) is 2. The van der Waals surface area contributed by atoms with Crippen molar-refractivity contribution in [1.29, 1.82) is 0 Å². The molecule has 0 radical (unpaired) electrons. The molecule has 1 atom stereocenters. The number of rotatable bonds is 4. The normalized spacial score (nSPS) is 23.2. The second-order valence-electron chi connectivity index (χ2n) is 7.41. The van der Waals surface area contributed by atoms with Crippen LogP contribution in [-0.2, 0) is 11.3 Å². The minimum Gasteiger partial charge on any atom is -0.341 e. The second kappa shape index (κ2) is 8.11. The van der Waals surface area contributed by atoms with Gasteiger partial charge >= 0.3 is 0 Å². The quantitative estimate of drug-likeness (QED) is 0.836. The minimum absolute atomic E-state index is 0.133. The lowest BCUT2D eigenvalue weighted by Gasteiger charge is -2.39. The molecule has 1 aromatic rings. The summed E-state index contributed by atoms with van der Waals surface area (Å²) < 4.78 is 13.9. The molecule has 1 aromatic carbocycles. The zero-order valence-electron chi connectivity index (χ0n) is 14.7. The molecule has 1 amide bonds. The van der Waals surface area contributed by atoms with E-state index < -0.39 is 0 Å². The van der Waals surface area contributed by atoms with Crippen LogP contribution in [0.3, 0.4) is 0 Å². The highest BCUT2D eigenvalue weighted by molar-refractivity contribution is 5.79. The molecule has 1 aliphatic carbocycles. The maximum atomic E-state index is 13.9. The van der Waals surface area contributed by atoms with Crippen molar-refractivity contribution in [3.8, 4) is 0 Å². The SMILES string of the molecule is CN(C(=O)C1CCCCC1)[C@@H]1CCCN(Cc2ccccc2F)C1. The molecule has 24 heavy (non-hydrogen) atoms. The van der Waals surface area contributed by atoms with E-state index in [1.165, 1.54) is 25.3 Å². The van der Waals surface area contributed by atoms with Gasteiger partial charge in [0.1, 0.15) is 5.82 Å². The van der Waals surface area contributed by atoms with E-state index in [0.29, 0.717) is 12.5 Å². The zero-order valence-corrected chi connectivity index (χ0v) is 14.7. The Morgan fingerprint density at radius 1 is 1.17 bits per heavy atom. The van der Waals surface area contributed by atoms with Gasteiger partial charge in [0.25, 0.3) is 0 Å². The van der Waals surface area contributed by atoms with Gasteiger partial charge in [-0.2, -0.15) is 0 Å². The molecule has 2 fully saturated rings. The Labute approximate surface area is 144 Å². The number of carbonyl (C=O) groups excluding carboxylic acids is 1. The van der Waals surface area contributed by atoms with Crippen LogP contribution >= 0.6 is 0 Å². The zero-order chi connectivity index (χ0) is 16.9. The maximum Gasteiger partial charge on any atom is 0.225 e. The number of halogens is 1. The van der Waals surface area contributed by atoms with Crippen LogP contribution in [0.15, 0.2) is 24.3 Å². The fourth-order valence-electron chi connectivity index (χ4n) is 4.18. The van der Waals surface area contributed by atoms with Crippen LogP contribution in [0.4, 0.5) is 4.39 Å².